The summed E-state index contributed by atoms with van der Waals surface area (Å²) in [5, 5.41) is 0. The maximum absolute atomic E-state index is 5.93. The molecule has 5 nitrogen and oxygen atoms in total. The van der Waals surface area contributed by atoms with Crippen LogP contribution in [0.4, 0.5) is 0 Å². The van der Waals surface area contributed by atoms with Crippen molar-refractivity contribution in [1.29, 1.82) is 0 Å². The highest BCUT2D eigenvalue weighted by Crippen LogP contribution is 2.23. The monoisotopic (exact) mass is 308 g/mol. The van der Waals surface area contributed by atoms with Crippen LogP contribution in [0.3, 0.4) is 0 Å². The van der Waals surface area contributed by atoms with Crippen molar-refractivity contribution in [3.63, 3.8) is 0 Å². The summed E-state index contributed by atoms with van der Waals surface area (Å²) in [6, 6.07) is 3.82. The van der Waals surface area contributed by atoms with Gasteiger partial charge in [0.2, 0.25) is 5.88 Å². The summed E-state index contributed by atoms with van der Waals surface area (Å²) in [6.07, 6.45) is 1.99. The average Bonchev–Trinajstić information content (AvgIpc) is 3.04. The Hall–Kier alpha value is -1.33. The number of alkyl halides is 1. The standard InChI is InChI=1S/C15H21ClN4O/c1-19-8-6-11(9-19)10-20-13(5-7-16)17-12-3-4-14(21-2)18-15(12)20/h3-4,11H,5-10H2,1-2H3. The van der Waals surface area contributed by atoms with Gasteiger partial charge in [-0.15, -0.1) is 11.6 Å². The minimum Gasteiger partial charge on any atom is -0.481 e. The lowest BCUT2D eigenvalue weighted by atomic mass is 10.1. The predicted molar refractivity (Wildman–Crippen MR) is 84.1 cm³/mol. The van der Waals surface area contributed by atoms with Crippen molar-refractivity contribution < 1.29 is 4.74 Å². The van der Waals surface area contributed by atoms with Gasteiger partial charge in [0.05, 0.1) is 7.11 Å². The summed E-state index contributed by atoms with van der Waals surface area (Å²) in [4.78, 5) is 11.6. The molecule has 0 aliphatic carbocycles. The molecule has 3 heterocycles. The normalized spacial score (nSPS) is 19.5. The first-order valence-electron chi connectivity index (χ1n) is 7.36. The van der Waals surface area contributed by atoms with E-state index in [9.17, 15) is 0 Å². The molecule has 0 bridgehead atoms. The van der Waals surface area contributed by atoms with Crippen LogP contribution in [0.15, 0.2) is 12.1 Å². The number of hydrogen-bond acceptors (Lipinski definition) is 4. The third-order valence-electron chi connectivity index (χ3n) is 4.10. The van der Waals surface area contributed by atoms with Crippen molar-refractivity contribution in [1.82, 2.24) is 19.4 Å². The summed E-state index contributed by atoms with van der Waals surface area (Å²) < 4.78 is 7.47. The topological polar surface area (TPSA) is 43.2 Å². The Morgan fingerprint density at radius 2 is 2.24 bits per heavy atom. The molecule has 1 aliphatic rings. The molecule has 3 rings (SSSR count). The van der Waals surface area contributed by atoms with Crippen LogP contribution in [0, 0.1) is 5.92 Å². The molecule has 0 N–H and O–H groups in total. The number of likely N-dealkylation sites (tertiary alicyclic amines) is 1. The molecule has 21 heavy (non-hydrogen) atoms. The number of methoxy groups -OCH3 is 1. The first-order valence-corrected chi connectivity index (χ1v) is 7.89. The first-order chi connectivity index (χ1) is 10.2. The van der Waals surface area contributed by atoms with Crippen molar-refractivity contribution in [2.45, 2.75) is 19.4 Å². The van der Waals surface area contributed by atoms with Gasteiger partial charge in [-0.25, -0.2) is 4.98 Å². The van der Waals surface area contributed by atoms with Crippen molar-refractivity contribution in [2.75, 3.05) is 33.1 Å². The fraction of sp³-hybridized carbons (Fsp3) is 0.600. The number of halogens is 1. The van der Waals surface area contributed by atoms with Gasteiger partial charge in [0.15, 0.2) is 5.65 Å². The van der Waals surface area contributed by atoms with Crippen molar-refractivity contribution >= 4 is 22.8 Å². The van der Waals surface area contributed by atoms with Crippen LogP contribution < -0.4 is 4.74 Å². The molecule has 0 radical (unpaired) electrons. The summed E-state index contributed by atoms with van der Waals surface area (Å²) in [7, 11) is 3.81. The Kier molecular flexibility index (Phi) is 4.31. The van der Waals surface area contributed by atoms with Crippen molar-refractivity contribution in [2.24, 2.45) is 5.92 Å². The molecule has 0 aromatic carbocycles. The second-order valence-electron chi connectivity index (χ2n) is 5.69. The molecule has 2 aromatic heterocycles. The average molecular weight is 309 g/mol. The van der Waals surface area contributed by atoms with E-state index in [4.69, 9.17) is 16.3 Å². The van der Waals surface area contributed by atoms with Gasteiger partial charge in [0, 0.05) is 31.5 Å². The number of aromatic nitrogens is 3. The number of hydrogen-bond donors (Lipinski definition) is 0. The van der Waals surface area contributed by atoms with E-state index >= 15 is 0 Å². The molecule has 0 amide bonds. The van der Waals surface area contributed by atoms with E-state index in [1.807, 2.05) is 12.1 Å². The lowest BCUT2D eigenvalue weighted by Crippen LogP contribution is -2.18. The molecule has 0 spiro atoms. The zero-order chi connectivity index (χ0) is 14.8. The fourth-order valence-corrected chi connectivity index (χ4v) is 3.21. The SMILES string of the molecule is COc1ccc2nc(CCCl)n(CC3CCN(C)C3)c2n1. The van der Waals surface area contributed by atoms with E-state index in [0.717, 1.165) is 36.5 Å². The third kappa shape index (κ3) is 2.99. The summed E-state index contributed by atoms with van der Waals surface area (Å²) in [5.41, 5.74) is 1.83. The Labute approximate surface area is 129 Å². The van der Waals surface area contributed by atoms with Gasteiger partial charge in [-0.1, -0.05) is 0 Å². The highest BCUT2D eigenvalue weighted by molar-refractivity contribution is 6.17. The molecule has 6 heteroatoms. The molecule has 1 fully saturated rings. The minimum atomic E-state index is 0.574. The molecule has 114 valence electrons. The molecule has 1 unspecified atom stereocenters. The van der Waals surface area contributed by atoms with Gasteiger partial charge < -0.3 is 14.2 Å². The molecule has 1 saturated heterocycles. The molecule has 0 saturated carbocycles. The lowest BCUT2D eigenvalue weighted by molar-refractivity contribution is 0.376. The Morgan fingerprint density at radius 3 is 2.90 bits per heavy atom. The van der Waals surface area contributed by atoms with E-state index in [-0.39, 0.29) is 0 Å². The van der Waals surface area contributed by atoms with Crippen LogP contribution in [0.5, 0.6) is 5.88 Å². The maximum Gasteiger partial charge on any atom is 0.215 e. The number of imidazole rings is 1. The quantitative estimate of drug-likeness (QED) is 0.794. The number of aryl methyl sites for hydroxylation is 1. The molecular formula is C15H21ClN4O. The largest absolute Gasteiger partial charge is 0.481 e. The Balaban J connectivity index is 1.97. The van der Waals surface area contributed by atoms with E-state index in [1.165, 1.54) is 13.0 Å². The molecule has 1 aliphatic heterocycles. The summed E-state index contributed by atoms with van der Waals surface area (Å²) in [6.45, 7) is 3.25. The van der Waals surface area contributed by atoms with Gasteiger partial charge in [-0.3, -0.25) is 0 Å². The number of fused-ring (bicyclic) bond motifs is 1. The fourth-order valence-electron chi connectivity index (χ4n) is 3.05. The van der Waals surface area contributed by atoms with Gasteiger partial charge in [-0.05, 0) is 32.0 Å². The predicted octanol–water partition coefficient (Wildman–Crippen LogP) is 2.17. The zero-order valence-electron chi connectivity index (χ0n) is 12.5. The van der Waals surface area contributed by atoms with Crippen LogP contribution in [-0.2, 0) is 13.0 Å². The highest BCUT2D eigenvalue weighted by atomic mass is 35.5. The van der Waals surface area contributed by atoms with Gasteiger partial charge in [-0.2, -0.15) is 4.98 Å². The van der Waals surface area contributed by atoms with Crippen LogP contribution in [0.2, 0.25) is 0 Å². The third-order valence-corrected chi connectivity index (χ3v) is 4.29. The van der Waals surface area contributed by atoms with E-state index in [2.05, 4.69) is 26.5 Å². The highest BCUT2D eigenvalue weighted by Gasteiger charge is 2.22. The minimum absolute atomic E-state index is 0.574. The van der Waals surface area contributed by atoms with E-state index < -0.39 is 0 Å². The lowest BCUT2D eigenvalue weighted by Gasteiger charge is -2.14. The van der Waals surface area contributed by atoms with Crippen LogP contribution in [-0.4, -0.2) is 52.6 Å². The number of rotatable bonds is 5. The van der Waals surface area contributed by atoms with Gasteiger partial charge in [0.25, 0.3) is 0 Å². The molecular weight excluding hydrogens is 288 g/mol. The summed E-state index contributed by atoms with van der Waals surface area (Å²) in [5.74, 6) is 2.87. The molecule has 1 atom stereocenters. The number of pyridine rings is 1. The zero-order valence-corrected chi connectivity index (χ0v) is 13.3. The number of ether oxygens (including phenoxy) is 1. The van der Waals surface area contributed by atoms with E-state index in [0.29, 0.717) is 17.7 Å². The second kappa shape index (κ2) is 6.20. The maximum atomic E-state index is 5.93. The van der Waals surface area contributed by atoms with Crippen LogP contribution in [0.25, 0.3) is 11.2 Å². The van der Waals surface area contributed by atoms with E-state index in [1.54, 1.807) is 7.11 Å². The van der Waals surface area contributed by atoms with Gasteiger partial charge in [0.1, 0.15) is 11.3 Å². The second-order valence-corrected chi connectivity index (χ2v) is 6.07. The Bertz CT molecular complexity index is 627. The van der Waals surface area contributed by atoms with Crippen LogP contribution in [0.1, 0.15) is 12.2 Å². The smallest absolute Gasteiger partial charge is 0.215 e. The van der Waals surface area contributed by atoms with Gasteiger partial charge >= 0.3 is 0 Å². The van der Waals surface area contributed by atoms with Crippen molar-refractivity contribution in [3.05, 3.63) is 18.0 Å². The number of nitrogens with zero attached hydrogens (tertiary/aromatic N) is 4. The first kappa shape index (κ1) is 14.6. The summed E-state index contributed by atoms with van der Waals surface area (Å²) >= 11 is 5.93. The van der Waals surface area contributed by atoms with Crippen molar-refractivity contribution in [3.8, 4) is 5.88 Å². The Morgan fingerprint density at radius 1 is 1.38 bits per heavy atom. The van der Waals surface area contributed by atoms with Crippen LogP contribution >= 0.6 is 11.6 Å². The molecule has 2 aromatic rings.